The number of likely N-dealkylation sites (tertiary alicyclic amines) is 1. The van der Waals surface area contributed by atoms with E-state index in [0.29, 0.717) is 24.9 Å². The van der Waals surface area contributed by atoms with Crippen molar-refractivity contribution in [3.63, 3.8) is 0 Å². The number of anilines is 2. The maximum absolute atomic E-state index is 9.69. The van der Waals surface area contributed by atoms with Gasteiger partial charge in [0.1, 0.15) is 30.2 Å². The van der Waals surface area contributed by atoms with Gasteiger partial charge in [-0.2, -0.15) is 0 Å². The summed E-state index contributed by atoms with van der Waals surface area (Å²) in [5.74, 6) is 2.07. The van der Waals surface area contributed by atoms with Gasteiger partial charge in [-0.15, -0.1) is 5.10 Å². The van der Waals surface area contributed by atoms with Crippen LogP contribution >= 0.6 is 0 Å². The molecule has 3 heterocycles. The quantitative estimate of drug-likeness (QED) is 0.331. The molecule has 2 aromatic carbocycles. The molecule has 4 aromatic rings. The monoisotopic (exact) mass is 473 g/mol. The van der Waals surface area contributed by atoms with Gasteiger partial charge in [0.25, 0.3) is 0 Å². The molecule has 0 radical (unpaired) electrons. The van der Waals surface area contributed by atoms with Crippen molar-refractivity contribution in [2.45, 2.75) is 32.5 Å². The van der Waals surface area contributed by atoms with Gasteiger partial charge in [0.15, 0.2) is 0 Å². The van der Waals surface area contributed by atoms with Crippen molar-refractivity contribution in [1.29, 1.82) is 0 Å². The van der Waals surface area contributed by atoms with E-state index in [1.165, 1.54) is 0 Å². The fourth-order valence-electron chi connectivity index (χ4n) is 4.31. The van der Waals surface area contributed by atoms with Crippen molar-refractivity contribution in [3.8, 4) is 11.6 Å². The fraction of sp³-hybridized carbons (Fsp3) is 0.333. The molecule has 35 heavy (non-hydrogen) atoms. The lowest BCUT2D eigenvalue weighted by molar-refractivity contribution is 0.0752. The first-order valence-corrected chi connectivity index (χ1v) is 12.1. The van der Waals surface area contributed by atoms with Gasteiger partial charge in [0.05, 0.1) is 11.6 Å². The Morgan fingerprint density at radius 3 is 2.71 bits per heavy atom. The van der Waals surface area contributed by atoms with Crippen LogP contribution in [0.3, 0.4) is 0 Å². The second-order valence-corrected chi connectivity index (χ2v) is 8.91. The number of hydrogen-bond acceptors (Lipinski definition) is 7. The van der Waals surface area contributed by atoms with E-state index in [9.17, 15) is 5.11 Å². The van der Waals surface area contributed by atoms with Crippen LogP contribution in [0.1, 0.15) is 24.0 Å². The second kappa shape index (κ2) is 10.8. The molecule has 182 valence electrons. The normalized spacial score (nSPS) is 14.8. The first-order chi connectivity index (χ1) is 17.2. The highest BCUT2D eigenvalue weighted by atomic mass is 16.5. The number of aliphatic hydroxyl groups is 1. The third-order valence-corrected chi connectivity index (χ3v) is 6.32. The summed E-state index contributed by atoms with van der Waals surface area (Å²) in [6.07, 6.45) is 3.21. The van der Waals surface area contributed by atoms with Gasteiger partial charge in [-0.1, -0.05) is 30.3 Å². The number of aryl methyl sites for hydroxylation is 1. The van der Waals surface area contributed by atoms with E-state index in [0.717, 1.165) is 65.9 Å². The predicted octanol–water partition coefficient (Wildman–Crippen LogP) is 4.42. The first kappa shape index (κ1) is 23.1. The van der Waals surface area contributed by atoms with Crippen molar-refractivity contribution in [2.24, 2.45) is 0 Å². The van der Waals surface area contributed by atoms with Crippen LogP contribution in [0.25, 0.3) is 10.9 Å². The highest BCUT2D eigenvalue weighted by molar-refractivity contribution is 5.95. The predicted molar refractivity (Wildman–Crippen MR) is 136 cm³/mol. The molecule has 8 nitrogen and oxygen atoms in total. The number of aliphatic hydroxyl groups excluding tert-OH is 1. The molecule has 1 aliphatic rings. The van der Waals surface area contributed by atoms with E-state index >= 15 is 0 Å². The second-order valence-electron chi connectivity index (χ2n) is 8.91. The Labute approximate surface area is 204 Å². The number of pyridine rings is 1. The van der Waals surface area contributed by atoms with Crippen molar-refractivity contribution in [2.75, 3.05) is 31.6 Å². The number of hydrogen-bond donors (Lipinski definition) is 3. The highest BCUT2D eigenvalue weighted by Crippen LogP contribution is 2.32. The number of fused-ring (bicyclic) bond motifs is 1. The standard InChI is InChI=1S/C27H31N5O3/c1-19-17-21(7-8-24(19)35-18-20-5-3-2-4-6-20)29-26-25-23(9-12-28-26)30-31-27(25)34-16-15-32-13-10-22(33)11-14-32/h2-9,12,17,22,33H,10-11,13-16,18H2,1H3,(H,28,29)(H,30,31). The van der Waals surface area contributed by atoms with Gasteiger partial charge in [-0.25, -0.2) is 4.98 Å². The molecule has 0 spiro atoms. The zero-order valence-electron chi connectivity index (χ0n) is 19.9. The molecule has 0 aliphatic carbocycles. The van der Waals surface area contributed by atoms with Crippen LogP contribution in [0.5, 0.6) is 11.6 Å². The molecule has 5 rings (SSSR count). The maximum atomic E-state index is 9.69. The van der Waals surface area contributed by atoms with E-state index in [2.05, 4.69) is 37.5 Å². The number of H-pyrrole nitrogens is 1. The molecule has 3 N–H and O–H groups in total. The summed E-state index contributed by atoms with van der Waals surface area (Å²) in [6, 6.07) is 18.0. The Bertz CT molecular complexity index is 1250. The molecule has 8 heteroatoms. The van der Waals surface area contributed by atoms with Crippen molar-refractivity contribution < 1.29 is 14.6 Å². The summed E-state index contributed by atoms with van der Waals surface area (Å²) in [5.41, 5.74) is 3.94. The molecule has 1 saturated heterocycles. The minimum atomic E-state index is -0.171. The lowest BCUT2D eigenvalue weighted by Gasteiger charge is -2.29. The number of piperidine rings is 1. The number of benzene rings is 2. The number of nitrogens with zero attached hydrogens (tertiary/aromatic N) is 3. The van der Waals surface area contributed by atoms with Crippen LogP contribution in [0.2, 0.25) is 0 Å². The van der Waals surface area contributed by atoms with Crippen LogP contribution in [0, 0.1) is 6.92 Å². The largest absolute Gasteiger partial charge is 0.489 e. The van der Waals surface area contributed by atoms with Crippen molar-refractivity contribution >= 4 is 22.4 Å². The third kappa shape index (κ3) is 5.72. The zero-order valence-corrected chi connectivity index (χ0v) is 19.9. The topological polar surface area (TPSA) is 95.5 Å². The van der Waals surface area contributed by atoms with Crippen molar-refractivity contribution in [1.82, 2.24) is 20.1 Å². The molecule has 1 fully saturated rings. The minimum absolute atomic E-state index is 0.171. The molecule has 0 amide bonds. The van der Waals surface area contributed by atoms with Crippen molar-refractivity contribution in [3.05, 3.63) is 71.9 Å². The van der Waals surface area contributed by atoms with Crippen LogP contribution in [0.15, 0.2) is 60.8 Å². The summed E-state index contributed by atoms with van der Waals surface area (Å²) >= 11 is 0. The van der Waals surface area contributed by atoms with Gasteiger partial charge in [-0.3, -0.25) is 10.00 Å². The van der Waals surface area contributed by atoms with E-state index in [1.54, 1.807) is 6.20 Å². The number of ether oxygens (including phenoxy) is 2. The Morgan fingerprint density at radius 1 is 1.09 bits per heavy atom. The summed E-state index contributed by atoms with van der Waals surface area (Å²) in [6.45, 7) is 5.68. The summed E-state index contributed by atoms with van der Waals surface area (Å²) < 4.78 is 12.0. The number of aromatic nitrogens is 3. The summed E-state index contributed by atoms with van der Waals surface area (Å²) in [7, 11) is 0. The Kier molecular flexibility index (Phi) is 7.11. The fourth-order valence-corrected chi connectivity index (χ4v) is 4.31. The first-order valence-electron chi connectivity index (χ1n) is 12.1. The van der Waals surface area contributed by atoms with Gasteiger partial charge >= 0.3 is 0 Å². The van der Waals surface area contributed by atoms with Crippen LogP contribution in [-0.4, -0.2) is 57.5 Å². The van der Waals surface area contributed by atoms with Gasteiger partial charge < -0.3 is 19.9 Å². The number of aromatic amines is 1. The smallest absolute Gasteiger partial charge is 0.244 e. The molecule has 2 aromatic heterocycles. The molecule has 1 aliphatic heterocycles. The van der Waals surface area contributed by atoms with E-state index in [4.69, 9.17) is 9.47 Å². The number of nitrogens with one attached hydrogen (secondary N) is 2. The molecule has 0 saturated carbocycles. The Morgan fingerprint density at radius 2 is 1.91 bits per heavy atom. The van der Waals surface area contributed by atoms with Gasteiger partial charge in [-0.05, 0) is 55.2 Å². The lowest BCUT2D eigenvalue weighted by Crippen LogP contribution is -2.38. The molecule has 0 bridgehead atoms. The molecule has 0 atom stereocenters. The van der Waals surface area contributed by atoms with Crippen LogP contribution in [-0.2, 0) is 6.61 Å². The maximum Gasteiger partial charge on any atom is 0.244 e. The Hall–Kier alpha value is -3.62. The molecular formula is C27H31N5O3. The van der Waals surface area contributed by atoms with Gasteiger partial charge in [0.2, 0.25) is 5.88 Å². The number of rotatable bonds is 9. The molecular weight excluding hydrogens is 442 g/mol. The molecule has 0 unspecified atom stereocenters. The van der Waals surface area contributed by atoms with Crippen LogP contribution in [0.4, 0.5) is 11.5 Å². The van der Waals surface area contributed by atoms with E-state index in [-0.39, 0.29) is 6.10 Å². The highest BCUT2D eigenvalue weighted by Gasteiger charge is 2.18. The summed E-state index contributed by atoms with van der Waals surface area (Å²) in [4.78, 5) is 6.86. The minimum Gasteiger partial charge on any atom is -0.489 e. The van der Waals surface area contributed by atoms with E-state index in [1.807, 2.05) is 49.4 Å². The zero-order chi connectivity index (χ0) is 24.0. The van der Waals surface area contributed by atoms with Gasteiger partial charge in [0, 0.05) is 31.5 Å². The summed E-state index contributed by atoms with van der Waals surface area (Å²) in [5, 5.41) is 21.3. The third-order valence-electron chi connectivity index (χ3n) is 6.32. The Balaban J connectivity index is 1.25. The SMILES string of the molecule is Cc1cc(Nc2nccc3[nH]nc(OCCN4CCC(O)CC4)c23)ccc1OCc1ccccc1. The van der Waals surface area contributed by atoms with E-state index < -0.39 is 0 Å². The average Bonchev–Trinajstić information content (AvgIpc) is 3.29. The lowest BCUT2D eigenvalue weighted by atomic mass is 10.1. The van der Waals surface area contributed by atoms with Crippen LogP contribution < -0.4 is 14.8 Å². The average molecular weight is 474 g/mol.